The third kappa shape index (κ3) is 3.12. The monoisotopic (exact) mass is 487 g/mol. The van der Waals surface area contributed by atoms with Crippen LogP contribution in [0.15, 0.2) is 96.4 Å². The van der Waals surface area contributed by atoms with Crippen molar-refractivity contribution in [3.8, 4) is 28.9 Å². The molecule has 1 aromatic heterocycles. The Morgan fingerprint density at radius 2 is 1.68 bits per heavy atom. The van der Waals surface area contributed by atoms with Crippen molar-refractivity contribution in [3.05, 3.63) is 108 Å². The number of nitriles is 1. The molecule has 7 heteroatoms. The second kappa shape index (κ2) is 8.68. The van der Waals surface area contributed by atoms with Crippen molar-refractivity contribution in [2.75, 3.05) is 11.4 Å². The van der Waals surface area contributed by atoms with Gasteiger partial charge in [-0.1, -0.05) is 80.1 Å². The fourth-order valence-electron chi connectivity index (χ4n) is 5.46. The van der Waals surface area contributed by atoms with E-state index < -0.39 is 5.41 Å². The van der Waals surface area contributed by atoms with Crippen molar-refractivity contribution in [3.63, 3.8) is 0 Å². The number of carbonyl (C=O) groups is 1. The molecule has 2 N–H and O–H groups in total. The molecule has 4 aromatic rings. The number of aromatic nitrogens is 2. The number of carbonyl (C=O) groups excluding carboxylic acids is 1. The van der Waals surface area contributed by atoms with E-state index in [0.717, 1.165) is 29.8 Å². The number of nitrogens with zero attached hydrogens (tertiary/aromatic N) is 4. The minimum Gasteiger partial charge on any atom is -0.422 e. The van der Waals surface area contributed by atoms with E-state index in [4.69, 9.17) is 15.6 Å². The number of unbranched alkanes of at least 4 members (excludes halogenated alkanes) is 1. The molecule has 0 fully saturated rings. The molecule has 1 spiro atoms. The first-order chi connectivity index (χ1) is 18.1. The summed E-state index contributed by atoms with van der Waals surface area (Å²) in [6.07, 6.45) is 1.76. The average molecular weight is 488 g/mol. The molecule has 0 unspecified atom stereocenters. The second-order valence-corrected chi connectivity index (χ2v) is 9.17. The van der Waals surface area contributed by atoms with E-state index in [9.17, 15) is 10.1 Å². The number of nitrogens with two attached hydrogens (primary N) is 1. The van der Waals surface area contributed by atoms with E-state index in [1.807, 2.05) is 84.9 Å². The number of fused-ring (bicyclic) bond motifs is 4. The van der Waals surface area contributed by atoms with E-state index in [2.05, 4.69) is 13.0 Å². The first-order valence-electron chi connectivity index (χ1n) is 12.4. The number of rotatable bonds is 5. The smallest absolute Gasteiger partial charge is 0.247 e. The summed E-state index contributed by atoms with van der Waals surface area (Å²) in [7, 11) is 0. The summed E-state index contributed by atoms with van der Waals surface area (Å²) in [6.45, 7) is 2.63. The molecule has 6 rings (SSSR count). The van der Waals surface area contributed by atoms with Gasteiger partial charge in [0.05, 0.1) is 11.3 Å². The van der Waals surface area contributed by atoms with Gasteiger partial charge in [-0.15, -0.1) is 0 Å². The molecule has 0 radical (unpaired) electrons. The van der Waals surface area contributed by atoms with E-state index in [-0.39, 0.29) is 17.4 Å². The van der Waals surface area contributed by atoms with Crippen LogP contribution in [0.3, 0.4) is 0 Å². The standard InChI is InChI=1S/C30H25N5O2/c1-2-3-18-34-24-17-11-10-16-22(24)30(29(34)36)23(19-31)27(32)37-28-25(30)26(20-12-6-4-7-13-20)33-35(28)21-14-8-5-9-15-21/h4-17H,2-3,18,32H2,1H3/t30-/m0/s1. The Labute approximate surface area is 215 Å². The lowest BCUT2D eigenvalue weighted by atomic mass is 9.68. The Kier molecular flexibility index (Phi) is 5.31. The Morgan fingerprint density at radius 1 is 1.00 bits per heavy atom. The Morgan fingerprint density at radius 3 is 2.38 bits per heavy atom. The van der Waals surface area contributed by atoms with Gasteiger partial charge in [-0.3, -0.25) is 4.79 Å². The summed E-state index contributed by atoms with van der Waals surface area (Å²) < 4.78 is 7.83. The average Bonchev–Trinajstić information content (AvgIpc) is 3.43. The number of ether oxygens (including phenoxy) is 1. The number of benzene rings is 3. The van der Waals surface area contributed by atoms with Crippen LogP contribution in [0.2, 0.25) is 0 Å². The zero-order chi connectivity index (χ0) is 25.6. The summed E-state index contributed by atoms with van der Waals surface area (Å²) in [5.41, 5.74) is 9.21. The van der Waals surface area contributed by atoms with Crippen LogP contribution in [-0.2, 0) is 10.2 Å². The fourth-order valence-corrected chi connectivity index (χ4v) is 5.46. The van der Waals surface area contributed by atoms with Crippen LogP contribution in [0.25, 0.3) is 16.9 Å². The molecule has 3 aromatic carbocycles. The Bertz CT molecular complexity index is 1580. The zero-order valence-electron chi connectivity index (χ0n) is 20.4. The Balaban J connectivity index is 1.74. The molecule has 0 saturated carbocycles. The largest absolute Gasteiger partial charge is 0.422 e. The van der Waals surface area contributed by atoms with Gasteiger partial charge in [-0.2, -0.15) is 15.0 Å². The van der Waals surface area contributed by atoms with Gasteiger partial charge in [0.1, 0.15) is 22.8 Å². The number of para-hydroxylation sites is 2. The maximum Gasteiger partial charge on any atom is 0.247 e. The molecular weight excluding hydrogens is 462 g/mol. The third-order valence-electron chi connectivity index (χ3n) is 7.11. The number of hydrogen-bond donors (Lipinski definition) is 1. The van der Waals surface area contributed by atoms with Gasteiger partial charge in [0.2, 0.25) is 17.7 Å². The summed E-state index contributed by atoms with van der Waals surface area (Å²) in [5.74, 6) is 0.0326. The van der Waals surface area contributed by atoms with Crippen LogP contribution < -0.4 is 15.4 Å². The molecule has 37 heavy (non-hydrogen) atoms. The van der Waals surface area contributed by atoms with Crippen LogP contribution in [0.4, 0.5) is 5.69 Å². The van der Waals surface area contributed by atoms with Crippen molar-refractivity contribution in [2.45, 2.75) is 25.2 Å². The molecule has 1 atom stereocenters. The summed E-state index contributed by atoms with van der Waals surface area (Å²) >= 11 is 0. The van der Waals surface area contributed by atoms with Crippen LogP contribution in [0.1, 0.15) is 30.9 Å². The molecule has 2 aliphatic heterocycles. The van der Waals surface area contributed by atoms with Crippen LogP contribution in [-0.4, -0.2) is 22.2 Å². The van der Waals surface area contributed by atoms with Gasteiger partial charge in [0.25, 0.3) is 0 Å². The van der Waals surface area contributed by atoms with Gasteiger partial charge in [-0.05, 0) is 24.6 Å². The van der Waals surface area contributed by atoms with E-state index >= 15 is 0 Å². The highest BCUT2D eigenvalue weighted by Crippen LogP contribution is 2.57. The van der Waals surface area contributed by atoms with Gasteiger partial charge in [-0.25, -0.2) is 0 Å². The summed E-state index contributed by atoms with van der Waals surface area (Å²) in [6, 6.07) is 29.1. The zero-order valence-corrected chi connectivity index (χ0v) is 20.4. The highest BCUT2D eigenvalue weighted by molar-refractivity contribution is 6.15. The molecule has 2 aliphatic rings. The molecule has 0 bridgehead atoms. The SMILES string of the molecule is CCCCN1C(=O)[C@]2(C(C#N)=C(N)Oc3c2c(-c2ccccc2)nn3-c2ccccc2)c2ccccc21. The van der Waals surface area contributed by atoms with Crippen LogP contribution in [0.5, 0.6) is 5.88 Å². The van der Waals surface area contributed by atoms with Crippen LogP contribution >= 0.6 is 0 Å². The minimum atomic E-state index is -1.48. The van der Waals surface area contributed by atoms with E-state index in [1.165, 1.54) is 0 Å². The van der Waals surface area contributed by atoms with Crippen molar-refractivity contribution in [1.82, 2.24) is 9.78 Å². The molecule has 0 saturated heterocycles. The molecule has 182 valence electrons. The lowest BCUT2D eigenvalue weighted by molar-refractivity contribution is -0.121. The van der Waals surface area contributed by atoms with E-state index in [0.29, 0.717) is 29.2 Å². The molecule has 3 heterocycles. The fraction of sp³-hybridized carbons (Fsp3) is 0.167. The first kappa shape index (κ1) is 22.6. The van der Waals surface area contributed by atoms with Crippen molar-refractivity contribution in [2.24, 2.45) is 5.73 Å². The van der Waals surface area contributed by atoms with Crippen LogP contribution in [0, 0.1) is 11.3 Å². The second-order valence-electron chi connectivity index (χ2n) is 9.17. The lowest BCUT2D eigenvalue weighted by Crippen LogP contribution is -2.46. The quantitative estimate of drug-likeness (QED) is 0.424. The van der Waals surface area contributed by atoms with Gasteiger partial charge < -0.3 is 15.4 Å². The van der Waals surface area contributed by atoms with Crippen molar-refractivity contribution < 1.29 is 9.53 Å². The highest BCUT2D eigenvalue weighted by atomic mass is 16.5. The molecule has 0 aliphatic carbocycles. The summed E-state index contributed by atoms with van der Waals surface area (Å²) in [5, 5.41) is 15.4. The number of anilines is 1. The normalized spacial score (nSPS) is 17.9. The van der Waals surface area contributed by atoms with Crippen molar-refractivity contribution in [1.29, 1.82) is 5.26 Å². The topological polar surface area (TPSA) is 97.2 Å². The number of amides is 1. The van der Waals surface area contributed by atoms with Gasteiger partial charge in [0.15, 0.2) is 0 Å². The molecular formula is C30H25N5O2. The van der Waals surface area contributed by atoms with Crippen molar-refractivity contribution >= 4 is 11.6 Å². The molecule has 7 nitrogen and oxygen atoms in total. The number of hydrogen-bond acceptors (Lipinski definition) is 5. The lowest BCUT2D eigenvalue weighted by Gasteiger charge is -2.33. The first-order valence-corrected chi connectivity index (χ1v) is 12.4. The molecule has 1 amide bonds. The third-order valence-corrected chi connectivity index (χ3v) is 7.11. The van der Waals surface area contributed by atoms with Gasteiger partial charge in [0, 0.05) is 23.4 Å². The predicted octanol–water partition coefficient (Wildman–Crippen LogP) is 5.06. The predicted molar refractivity (Wildman–Crippen MR) is 141 cm³/mol. The highest BCUT2D eigenvalue weighted by Gasteiger charge is 2.61. The Hall–Kier alpha value is -4.83. The minimum absolute atomic E-state index is 0.0845. The maximum atomic E-state index is 14.6. The van der Waals surface area contributed by atoms with Gasteiger partial charge >= 0.3 is 0 Å². The maximum absolute atomic E-state index is 14.6. The summed E-state index contributed by atoms with van der Waals surface area (Å²) in [4.78, 5) is 16.4. The van der Waals surface area contributed by atoms with E-state index in [1.54, 1.807) is 9.58 Å².